The van der Waals surface area contributed by atoms with Gasteiger partial charge in [-0.25, -0.2) is 25.9 Å². The van der Waals surface area contributed by atoms with Crippen molar-refractivity contribution in [2.75, 3.05) is 12.8 Å². The standard InChI is InChI=1S/C12H19FN2O4S2/c1-9(14)4-3-7-15-21(18,19)12-8-10(20(2,16)17)5-6-11(12)13/h5-6,8-9,15H,3-4,7,14H2,1-2H3. The molecule has 21 heavy (non-hydrogen) atoms. The number of sulfone groups is 1. The van der Waals surface area contributed by atoms with Gasteiger partial charge in [0.05, 0.1) is 4.90 Å². The van der Waals surface area contributed by atoms with Crippen molar-refractivity contribution in [2.24, 2.45) is 5.73 Å². The first kappa shape index (κ1) is 18.0. The number of halogens is 1. The van der Waals surface area contributed by atoms with Crippen molar-refractivity contribution in [3.63, 3.8) is 0 Å². The first-order chi connectivity index (χ1) is 9.54. The molecule has 0 aromatic heterocycles. The summed E-state index contributed by atoms with van der Waals surface area (Å²) in [6.07, 6.45) is 2.05. The molecule has 6 nitrogen and oxygen atoms in total. The third-order valence-electron chi connectivity index (χ3n) is 2.75. The fraction of sp³-hybridized carbons (Fsp3) is 0.500. The van der Waals surface area contributed by atoms with E-state index in [0.717, 1.165) is 24.5 Å². The van der Waals surface area contributed by atoms with E-state index in [0.29, 0.717) is 12.8 Å². The molecular weight excluding hydrogens is 319 g/mol. The molecule has 1 atom stereocenters. The summed E-state index contributed by atoms with van der Waals surface area (Å²) in [5.74, 6) is -0.998. The fourth-order valence-electron chi connectivity index (χ4n) is 1.63. The number of hydrogen-bond acceptors (Lipinski definition) is 5. The van der Waals surface area contributed by atoms with E-state index in [1.54, 1.807) is 6.92 Å². The van der Waals surface area contributed by atoms with E-state index < -0.39 is 30.6 Å². The highest BCUT2D eigenvalue weighted by Gasteiger charge is 2.21. The summed E-state index contributed by atoms with van der Waals surface area (Å²) in [5.41, 5.74) is 5.54. The molecule has 9 heteroatoms. The Morgan fingerprint density at radius 2 is 1.90 bits per heavy atom. The molecule has 1 aromatic carbocycles. The molecule has 0 aliphatic heterocycles. The summed E-state index contributed by atoms with van der Waals surface area (Å²) in [6, 6.07) is 2.62. The Balaban J connectivity index is 2.98. The Morgan fingerprint density at radius 3 is 2.43 bits per heavy atom. The van der Waals surface area contributed by atoms with E-state index in [9.17, 15) is 21.2 Å². The molecule has 0 heterocycles. The summed E-state index contributed by atoms with van der Waals surface area (Å²) in [4.78, 5) is -0.925. The molecule has 0 aliphatic carbocycles. The van der Waals surface area contributed by atoms with Gasteiger partial charge in [-0.15, -0.1) is 0 Å². The second-order valence-electron chi connectivity index (χ2n) is 4.88. The third kappa shape index (κ3) is 5.34. The van der Waals surface area contributed by atoms with Gasteiger partial charge in [-0.2, -0.15) is 0 Å². The van der Waals surface area contributed by atoms with Crippen molar-refractivity contribution in [1.29, 1.82) is 0 Å². The minimum atomic E-state index is -4.10. The summed E-state index contributed by atoms with van der Waals surface area (Å²) in [7, 11) is -7.72. The molecule has 1 unspecified atom stereocenters. The molecule has 0 bridgehead atoms. The normalized spacial score (nSPS) is 14.1. The monoisotopic (exact) mass is 338 g/mol. The minimum absolute atomic E-state index is 0.0557. The van der Waals surface area contributed by atoms with E-state index in [4.69, 9.17) is 5.73 Å². The lowest BCUT2D eigenvalue weighted by Gasteiger charge is -2.10. The van der Waals surface area contributed by atoms with Crippen LogP contribution in [0.25, 0.3) is 0 Å². The van der Waals surface area contributed by atoms with Crippen LogP contribution in [0.2, 0.25) is 0 Å². The van der Waals surface area contributed by atoms with Crippen molar-refractivity contribution in [3.8, 4) is 0 Å². The van der Waals surface area contributed by atoms with Crippen molar-refractivity contribution < 1.29 is 21.2 Å². The predicted octanol–water partition coefficient (Wildman–Crippen LogP) is 0.635. The van der Waals surface area contributed by atoms with Crippen molar-refractivity contribution in [2.45, 2.75) is 35.6 Å². The van der Waals surface area contributed by atoms with Crippen LogP contribution in [-0.2, 0) is 19.9 Å². The Morgan fingerprint density at radius 1 is 1.29 bits per heavy atom. The van der Waals surface area contributed by atoms with Crippen LogP contribution in [0.5, 0.6) is 0 Å². The summed E-state index contributed by atoms with van der Waals surface area (Å²) in [6.45, 7) is 1.90. The highest BCUT2D eigenvalue weighted by molar-refractivity contribution is 7.91. The zero-order valence-electron chi connectivity index (χ0n) is 11.8. The molecule has 0 saturated carbocycles. The zero-order chi connectivity index (χ0) is 16.3. The van der Waals surface area contributed by atoms with Crippen LogP contribution < -0.4 is 10.5 Å². The average Bonchev–Trinajstić information content (AvgIpc) is 2.33. The maximum atomic E-state index is 13.7. The number of nitrogens with one attached hydrogen (secondary N) is 1. The predicted molar refractivity (Wildman–Crippen MR) is 77.6 cm³/mol. The van der Waals surface area contributed by atoms with Crippen LogP contribution in [0.15, 0.2) is 28.0 Å². The smallest absolute Gasteiger partial charge is 0.243 e. The molecular formula is C12H19FN2O4S2. The van der Waals surface area contributed by atoms with Gasteiger partial charge < -0.3 is 5.73 Å². The zero-order valence-corrected chi connectivity index (χ0v) is 13.5. The highest BCUT2D eigenvalue weighted by atomic mass is 32.2. The van der Waals surface area contributed by atoms with Gasteiger partial charge in [0.15, 0.2) is 9.84 Å². The second-order valence-corrected chi connectivity index (χ2v) is 8.63. The number of benzene rings is 1. The van der Waals surface area contributed by atoms with Crippen LogP contribution in [0.3, 0.4) is 0 Å². The molecule has 0 aliphatic rings. The van der Waals surface area contributed by atoms with Gasteiger partial charge in [-0.1, -0.05) is 0 Å². The Hall–Kier alpha value is -1.03. The van der Waals surface area contributed by atoms with E-state index in [1.807, 2.05) is 0 Å². The molecule has 0 radical (unpaired) electrons. The SMILES string of the molecule is CC(N)CCCNS(=O)(=O)c1cc(S(C)(=O)=O)ccc1F. The second kappa shape index (κ2) is 6.82. The Bertz CT molecular complexity index is 700. The summed E-state index contributed by atoms with van der Waals surface area (Å²) >= 11 is 0. The largest absolute Gasteiger partial charge is 0.328 e. The average molecular weight is 338 g/mol. The third-order valence-corrected chi connectivity index (χ3v) is 5.33. The molecule has 120 valence electrons. The Labute approximate surface area is 124 Å². The molecule has 3 N–H and O–H groups in total. The van der Waals surface area contributed by atoms with Crippen LogP contribution in [-0.4, -0.2) is 35.7 Å². The van der Waals surface area contributed by atoms with Gasteiger partial charge in [-0.05, 0) is 38.0 Å². The fourth-order valence-corrected chi connectivity index (χ4v) is 3.53. The topological polar surface area (TPSA) is 106 Å². The van der Waals surface area contributed by atoms with E-state index in [1.165, 1.54) is 0 Å². The van der Waals surface area contributed by atoms with Gasteiger partial charge in [-0.3, -0.25) is 0 Å². The highest BCUT2D eigenvalue weighted by Crippen LogP contribution is 2.19. The first-order valence-corrected chi connectivity index (χ1v) is 9.66. The van der Waals surface area contributed by atoms with Gasteiger partial charge in [0, 0.05) is 18.8 Å². The molecule has 0 saturated heterocycles. The van der Waals surface area contributed by atoms with E-state index in [2.05, 4.69) is 4.72 Å². The van der Waals surface area contributed by atoms with Gasteiger partial charge in [0.1, 0.15) is 10.7 Å². The number of rotatable bonds is 7. The van der Waals surface area contributed by atoms with Crippen molar-refractivity contribution in [1.82, 2.24) is 4.72 Å². The minimum Gasteiger partial charge on any atom is -0.328 e. The van der Waals surface area contributed by atoms with E-state index >= 15 is 0 Å². The lowest BCUT2D eigenvalue weighted by atomic mass is 10.2. The van der Waals surface area contributed by atoms with Crippen molar-refractivity contribution in [3.05, 3.63) is 24.0 Å². The van der Waals surface area contributed by atoms with Gasteiger partial charge in [0.25, 0.3) is 0 Å². The van der Waals surface area contributed by atoms with Gasteiger partial charge in [0.2, 0.25) is 10.0 Å². The van der Waals surface area contributed by atoms with E-state index in [-0.39, 0.29) is 17.5 Å². The molecule has 1 aromatic rings. The molecule has 1 rings (SSSR count). The number of nitrogens with two attached hydrogens (primary N) is 1. The Kier molecular flexibility index (Phi) is 5.85. The summed E-state index contributed by atoms with van der Waals surface area (Å²) < 4.78 is 62.7. The molecule has 0 fully saturated rings. The van der Waals surface area contributed by atoms with Crippen LogP contribution in [0, 0.1) is 5.82 Å². The maximum absolute atomic E-state index is 13.7. The number of hydrogen-bond donors (Lipinski definition) is 2. The lowest BCUT2D eigenvalue weighted by molar-refractivity contribution is 0.548. The van der Waals surface area contributed by atoms with Crippen molar-refractivity contribution >= 4 is 19.9 Å². The number of sulfonamides is 1. The maximum Gasteiger partial charge on any atom is 0.243 e. The lowest BCUT2D eigenvalue weighted by Crippen LogP contribution is -2.27. The quantitative estimate of drug-likeness (QED) is 0.560. The van der Waals surface area contributed by atoms with Crippen LogP contribution in [0.4, 0.5) is 4.39 Å². The summed E-state index contributed by atoms with van der Waals surface area (Å²) in [5, 5.41) is 0. The molecule has 0 amide bonds. The first-order valence-electron chi connectivity index (χ1n) is 6.29. The molecule has 0 spiro atoms. The van der Waals surface area contributed by atoms with Crippen LogP contribution >= 0.6 is 0 Å². The van der Waals surface area contributed by atoms with Gasteiger partial charge >= 0.3 is 0 Å². The van der Waals surface area contributed by atoms with Crippen LogP contribution in [0.1, 0.15) is 19.8 Å².